The zero-order valence-electron chi connectivity index (χ0n) is 10.1. The topological polar surface area (TPSA) is 12.0 Å². The molecule has 0 amide bonds. The Morgan fingerprint density at radius 3 is 2.21 bits per heavy atom. The Bertz CT molecular complexity index is 238. The Morgan fingerprint density at radius 1 is 1.29 bits per heavy atom. The first-order chi connectivity index (χ1) is 6.39. The first-order valence-electron chi connectivity index (χ1n) is 5.17. The molecule has 0 radical (unpaired) electrons. The van der Waals surface area contributed by atoms with Gasteiger partial charge in [-0.15, -0.1) is 0 Å². The fraction of sp³-hybridized carbons (Fsp3) is 0.538. The van der Waals surface area contributed by atoms with Crippen molar-refractivity contribution in [1.29, 1.82) is 0 Å². The molecule has 1 N–H and O–H groups in total. The van der Waals surface area contributed by atoms with Crippen LogP contribution in [-0.4, -0.2) is 5.54 Å². The summed E-state index contributed by atoms with van der Waals surface area (Å²) in [6, 6.07) is 0. The second kappa shape index (κ2) is 5.69. The summed E-state index contributed by atoms with van der Waals surface area (Å²) in [5.74, 6) is 0. The van der Waals surface area contributed by atoms with Crippen molar-refractivity contribution in [2.24, 2.45) is 0 Å². The summed E-state index contributed by atoms with van der Waals surface area (Å²) in [5, 5.41) is 3.40. The first kappa shape index (κ1) is 13.0. The summed E-state index contributed by atoms with van der Waals surface area (Å²) in [4.78, 5) is 0. The van der Waals surface area contributed by atoms with E-state index in [9.17, 15) is 0 Å². The normalized spacial score (nSPS) is 14.1. The van der Waals surface area contributed by atoms with Crippen molar-refractivity contribution in [2.75, 3.05) is 0 Å². The molecule has 0 aromatic carbocycles. The Balaban J connectivity index is 4.38. The van der Waals surface area contributed by atoms with Crippen molar-refractivity contribution in [3.05, 3.63) is 36.1 Å². The minimum Gasteiger partial charge on any atom is -0.384 e. The Morgan fingerprint density at radius 2 is 1.86 bits per heavy atom. The lowest BCUT2D eigenvalue weighted by atomic mass is 10.1. The van der Waals surface area contributed by atoms with Crippen molar-refractivity contribution in [2.45, 2.75) is 46.6 Å². The molecule has 0 aliphatic carbocycles. The summed E-state index contributed by atoms with van der Waals surface area (Å²) < 4.78 is 0. The predicted molar refractivity (Wildman–Crippen MR) is 65.2 cm³/mol. The van der Waals surface area contributed by atoms with E-state index < -0.39 is 0 Å². The van der Waals surface area contributed by atoms with E-state index in [0.29, 0.717) is 0 Å². The van der Waals surface area contributed by atoms with E-state index in [1.807, 2.05) is 6.08 Å². The van der Waals surface area contributed by atoms with Crippen LogP contribution in [0.25, 0.3) is 0 Å². The van der Waals surface area contributed by atoms with Gasteiger partial charge in [0.05, 0.1) is 0 Å². The van der Waals surface area contributed by atoms with E-state index in [0.717, 1.165) is 6.42 Å². The van der Waals surface area contributed by atoms with Gasteiger partial charge in [0.15, 0.2) is 0 Å². The largest absolute Gasteiger partial charge is 0.384 e. The van der Waals surface area contributed by atoms with Gasteiger partial charge in [0.1, 0.15) is 0 Å². The third-order valence-corrected chi connectivity index (χ3v) is 1.79. The number of rotatable bonds is 4. The van der Waals surface area contributed by atoms with Gasteiger partial charge in [-0.2, -0.15) is 0 Å². The minimum atomic E-state index is 0.134. The molecule has 0 atom stereocenters. The fourth-order valence-corrected chi connectivity index (χ4v) is 1.20. The van der Waals surface area contributed by atoms with Gasteiger partial charge in [-0.3, -0.25) is 0 Å². The van der Waals surface area contributed by atoms with Gasteiger partial charge in [-0.25, -0.2) is 0 Å². The maximum atomic E-state index is 3.77. The molecule has 1 nitrogen and oxygen atoms in total. The Kier molecular flexibility index (Phi) is 5.29. The molecule has 1 heteroatoms. The van der Waals surface area contributed by atoms with Crippen LogP contribution in [0.4, 0.5) is 0 Å². The highest BCUT2D eigenvalue weighted by atomic mass is 14.9. The Labute approximate surface area is 88.6 Å². The molecule has 0 aromatic rings. The van der Waals surface area contributed by atoms with Crippen molar-refractivity contribution < 1.29 is 0 Å². The average Bonchev–Trinajstić information content (AvgIpc) is 2.03. The van der Waals surface area contributed by atoms with Gasteiger partial charge in [0.2, 0.25) is 0 Å². The molecule has 0 aromatic heterocycles. The molecule has 0 saturated heterocycles. The lowest BCUT2D eigenvalue weighted by Crippen LogP contribution is -2.34. The van der Waals surface area contributed by atoms with Crippen LogP contribution in [0.2, 0.25) is 0 Å². The van der Waals surface area contributed by atoms with Crippen LogP contribution in [0.5, 0.6) is 0 Å². The number of hydrogen-bond donors (Lipinski definition) is 1. The second-order valence-corrected chi connectivity index (χ2v) is 4.52. The molecule has 0 aliphatic rings. The zero-order chi connectivity index (χ0) is 11.2. The molecule has 14 heavy (non-hydrogen) atoms. The monoisotopic (exact) mass is 193 g/mol. The van der Waals surface area contributed by atoms with Gasteiger partial charge in [0, 0.05) is 11.2 Å². The highest BCUT2D eigenvalue weighted by molar-refractivity contribution is 5.23. The van der Waals surface area contributed by atoms with Crippen LogP contribution in [-0.2, 0) is 0 Å². The molecule has 80 valence electrons. The molecule has 0 bridgehead atoms. The second-order valence-electron chi connectivity index (χ2n) is 4.52. The molecule has 0 heterocycles. The van der Waals surface area contributed by atoms with Gasteiger partial charge in [-0.1, -0.05) is 25.7 Å². The van der Waals surface area contributed by atoms with Crippen LogP contribution in [0, 0.1) is 0 Å². The van der Waals surface area contributed by atoms with Crippen molar-refractivity contribution in [3.63, 3.8) is 0 Å². The van der Waals surface area contributed by atoms with Crippen LogP contribution < -0.4 is 5.32 Å². The standard InChI is InChI=1S/C13H23N/c1-7-12(8-2)10-9-11(3)14-13(4,5)6/h7,9-10,14H,1,8H2,2-6H3/b11-9+,12-10+. The molecular weight excluding hydrogens is 170 g/mol. The third-order valence-electron chi connectivity index (χ3n) is 1.79. The zero-order valence-corrected chi connectivity index (χ0v) is 10.1. The highest BCUT2D eigenvalue weighted by Crippen LogP contribution is 2.05. The SMILES string of the molecule is C=C/C(=C\C=C(/C)NC(C)(C)C)CC. The number of allylic oxidation sites excluding steroid dienone is 5. The summed E-state index contributed by atoms with van der Waals surface area (Å²) in [5.41, 5.74) is 2.58. The van der Waals surface area contributed by atoms with Crippen molar-refractivity contribution in [3.8, 4) is 0 Å². The highest BCUT2D eigenvalue weighted by Gasteiger charge is 2.07. The summed E-state index contributed by atoms with van der Waals surface area (Å²) in [6.07, 6.45) is 7.15. The fourth-order valence-electron chi connectivity index (χ4n) is 1.20. The maximum Gasteiger partial charge on any atom is 0.0286 e. The molecule has 0 aliphatic heterocycles. The third kappa shape index (κ3) is 6.53. The van der Waals surface area contributed by atoms with E-state index in [-0.39, 0.29) is 5.54 Å². The quantitative estimate of drug-likeness (QED) is 0.670. The van der Waals surface area contributed by atoms with Gasteiger partial charge < -0.3 is 5.32 Å². The van der Waals surface area contributed by atoms with Gasteiger partial charge >= 0.3 is 0 Å². The maximum absolute atomic E-state index is 3.77. The number of nitrogens with one attached hydrogen (secondary N) is 1. The van der Waals surface area contributed by atoms with E-state index in [2.05, 4.69) is 58.7 Å². The molecule has 0 spiro atoms. The molecule has 0 fully saturated rings. The molecule has 0 unspecified atom stereocenters. The van der Waals surface area contributed by atoms with Crippen LogP contribution >= 0.6 is 0 Å². The van der Waals surface area contributed by atoms with Crippen molar-refractivity contribution >= 4 is 0 Å². The van der Waals surface area contributed by atoms with E-state index in [4.69, 9.17) is 0 Å². The summed E-state index contributed by atoms with van der Waals surface area (Å²) in [7, 11) is 0. The van der Waals surface area contributed by atoms with Gasteiger partial charge in [0.25, 0.3) is 0 Å². The van der Waals surface area contributed by atoms with Gasteiger partial charge in [-0.05, 0) is 45.8 Å². The Hall–Kier alpha value is -0.980. The van der Waals surface area contributed by atoms with E-state index >= 15 is 0 Å². The van der Waals surface area contributed by atoms with Crippen LogP contribution in [0.1, 0.15) is 41.0 Å². The first-order valence-corrected chi connectivity index (χ1v) is 5.17. The molecule has 0 saturated carbocycles. The summed E-state index contributed by atoms with van der Waals surface area (Å²) >= 11 is 0. The summed E-state index contributed by atoms with van der Waals surface area (Å²) in [6.45, 7) is 14.4. The van der Waals surface area contributed by atoms with E-state index in [1.54, 1.807) is 0 Å². The van der Waals surface area contributed by atoms with Crippen LogP contribution in [0.15, 0.2) is 36.1 Å². The van der Waals surface area contributed by atoms with Crippen LogP contribution in [0.3, 0.4) is 0 Å². The van der Waals surface area contributed by atoms with E-state index in [1.165, 1.54) is 11.3 Å². The molecular formula is C13H23N. The minimum absolute atomic E-state index is 0.134. The smallest absolute Gasteiger partial charge is 0.0286 e. The average molecular weight is 193 g/mol. The molecule has 0 rings (SSSR count). The lowest BCUT2D eigenvalue weighted by molar-refractivity contribution is 0.473. The van der Waals surface area contributed by atoms with Crippen molar-refractivity contribution in [1.82, 2.24) is 5.32 Å². The lowest BCUT2D eigenvalue weighted by Gasteiger charge is -2.22. The number of hydrogen-bond acceptors (Lipinski definition) is 1. The predicted octanol–water partition coefficient (Wildman–Crippen LogP) is 3.80.